The lowest BCUT2D eigenvalue weighted by Gasteiger charge is -2.23. The molecule has 0 atom stereocenters. The zero-order valence-electron chi connectivity index (χ0n) is 13.9. The number of alkyl carbamates (subject to hydrolysis) is 1. The number of hydrogen-bond donors (Lipinski definition) is 1. The molecule has 0 heterocycles. The predicted molar refractivity (Wildman–Crippen MR) is 91.0 cm³/mol. The molecule has 1 aliphatic rings. The van der Waals surface area contributed by atoms with Crippen LogP contribution in [0.25, 0.3) is 0 Å². The van der Waals surface area contributed by atoms with Crippen molar-refractivity contribution in [3.8, 4) is 5.75 Å². The lowest BCUT2D eigenvalue weighted by Crippen LogP contribution is -2.44. The van der Waals surface area contributed by atoms with Crippen molar-refractivity contribution >= 4 is 27.8 Å². The molecule has 0 bridgehead atoms. The van der Waals surface area contributed by atoms with E-state index in [1.165, 1.54) is 6.92 Å². The van der Waals surface area contributed by atoms with Crippen LogP contribution in [0.4, 0.5) is 4.79 Å². The third-order valence-corrected chi connectivity index (χ3v) is 3.94. The quantitative estimate of drug-likeness (QED) is 0.777. The van der Waals surface area contributed by atoms with Gasteiger partial charge in [-0.25, -0.2) is 4.79 Å². The number of Topliss-reactive ketones (excluding diaryl/α,β-unsaturated/α-hetero) is 1. The molecule has 1 aromatic carbocycles. The SMILES string of the molecule is CC(=O)c1ccc(Br)cc1OCC1(NC(=O)OC(C)(C)C)CC1. The van der Waals surface area contributed by atoms with Crippen LogP contribution in [0, 0.1) is 0 Å². The van der Waals surface area contributed by atoms with Gasteiger partial charge in [0.25, 0.3) is 0 Å². The summed E-state index contributed by atoms with van der Waals surface area (Å²) in [7, 11) is 0. The summed E-state index contributed by atoms with van der Waals surface area (Å²) < 4.78 is 11.9. The van der Waals surface area contributed by atoms with Crippen molar-refractivity contribution in [3.05, 3.63) is 28.2 Å². The highest BCUT2D eigenvalue weighted by Crippen LogP contribution is 2.37. The van der Waals surface area contributed by atoms with Crippen LogP contribution in [-0.4, -0.2) is 29.6 Å². The number of hydrogen-bond acceptors (Lipinski definition) is 4. The molecule has 0 spiro atoms. The Morgan fingerprint density at radius 1 is 1.30 bits per heavy atom. The van der Waals surface area contributed by atoms with Crippen molar-refractivity contribution in [1.82, 2.24) is 5.32 Å². The number of rotatable bonds is 5. The summed E-state index contributed by atoms with van der Waals surface area (Å²) in [5.41, 5.74) is -0.410. The standard InChI is InChI=1S/C17H22BrNO4/c1-11(20)13-6-5-12(18)9-14(13)22-10-17(7-8-17)19-15(21)23-16(2,3)4/h5-6,9H,7-8,10H2,1-4H3,(H,19,21). The van der Waals surface area contributed by atoms with Gasteiger partial charge in [0.1, 0.15) is 18.0 Å². The molecule has 1 aliphatic carbocycles. The van der Waals surface area contributed by atoms with Crippen molar-refractivity contribution in [2.24, 2.45) is 0 Å². The van der Waals surface area contributed by atoms with Gasteiger partial charge in [-0.1, -0.05) is 15.9 Å². The molecule has 6 heteroatoms. The fraction of sp³-hybridized carbons (Fsp3) is 0.529. The van der Waals surface area contributed by atoms with E-state index >= 15 is 0 Å². The largest absolute Gasteiger partial charge is 0.490 e. The zero-order valence-corrected chi connectivity index (χ0v) is 15.5. The predicted octanol–water partition coefficient (Wildman–Crippen LogP) is 4.09. The molecule has 1 aromatic rings. The summed E-state index contributed by atoms with van der Waals surface area (Å²) in [5, 5.41) is 2.87. The Morgan fingerprint density at radius 2 is 1.96 bits per heavy atom. The molecular formula is C17H22BrNO4. The number of nitrogens with one attached hydrogen (secondary N) is 1. The number of ether oxygens (including phenoxy) is 2. The average molecular weight is 384 g/mol. The molecule has 0 saturated heterocycles. The maximum Gasteiger partial charge on any atom is 0.408 e. The Labute approximate surface area is 144 Å². The van der Waals surface area contributed by atoms with E-state index in [2.05, 4.69) is 21.2 Å². The average Bonchev–Trinajstić information content (AvgIpc) is 3.13. The summed E-state index contributed by atoms with van der Waals surface area (Å²) in [4.78, 5) is 23.6. The lowest BCUT2D eigenvalue weighted by atomic mass is 10.1. The summed E-state index contributed by atoms with van der Waals surface area (Å²) in [6.45, 7) is 7.28. The van der Waals surface area contributed by atoms with Crippen LogP contribution in [0.3, 0.4) is 0 Å². The van der Waals surface area contributed by atoms with Crippen LogP contribution in [0.15, 0.2) is 22.7 Å². The summed E-state index contributed by atoms with van der Waals surface area (Å²) >= 11 is 3.37. The minimum absolute atomic E-state index is 0.0579. The van der Waals surface area contributed by atoms with Gasteiger partial charge in [-0.15, -0.1) is 0 Å². The first-order valence-corrected chi connectivity index (χ1v) is 8.34. The minimum Gasteiger partial charge on any atom is -0.490 e. The van der Waals surface area contributed by atoms with Gasteiger partial charge in [-0.05, 0) is 58.7 Å². The lowest BCUT2D eigenvalue weighted by molar-refractivity contribution is 0.0476. The van der Waals surface area contributed by atoms with E-state index in [4.69, 9.17) is 9.47 Å². The third-order valence-electron chi connectivity index (χ3n) is 3.45. The number of ketones is 1. The van der Waals surface area contributed by atoms with Gasteiger partial charge in [-0.3, -0.25) is 4.79 Å². The number of halogens is 1. The van der Waals surface area contributed by atoms with Gasteiger partial charge < -0.3 is 14.8 Å². The van der Waals surface area contributed by atoms with E-state index in [0.29, 0.717) is 17.9 Å². The van der Waals surface area contributed by atoms with E-state index in [9.17, 15) is 9.59 Å². The smallest absolute Gasteiger partial charge is 0.408 e. The fourth-order valence-electron chi connectivity index (χ4n) is 2.10. The highest BCUT2D eigenvalue weighted by atomic mass is 79.9. The first-order chi connectivity index (χ1) is 10.6. The Kier molecular flexibility index (Phi) is 5.04. The van der Waals surface area contributed by atoms with Crippen LogP contribution < -0.4 is 10.1 Å². The van der Waals surface area contributed by atoms with E-state index in [-0.39, 0.29) is 5.78 Å². The molecule has 1 N–H and O–H groups in total. The fourth-order valence-corrected chi connectivity index (χ4v) is 2.44. The Hall–Kier alpha value is -1.56. The number of benzene rings is 1. The zero-order chi connectivity index (χ0) is 17.3. The first kappa shape index (κ1) is 17.8. The molecule has 126 valence electrons. The Balaban J connectivity index is 1.99. The third kappa shape index (κ3) is 5.23. The summed E-state index contributed by atoms with van der Waals surface area (Å²) in [5.74, 6) is 0.460. The first-order valence-electron chi connectivity index (χ1n) is 7.55. The topological polar surface area (TPSA) is 64.6 Å². The van der Waals surface area contributed by atoms with Crippen molar-refractivity contribution in [2.75, 3.05) is 6.61 Å². The molecule has 0 aliphatic heterocycles. The summed E-state index contributed by atoms with van der Waals surface area (Å²) in [6.07, 6.45) is 1.21. The highest BCUT2D eigenvalue weighted by Gasteiger charge is 2.46. The van der Waals surface area contributed by atoms with Crippen molar-refractivity contribution in [3.63, 3.8) is 0 Å². The molecule has 1 fully saturated rings. The van der Waals surface area contributed by atoms with E-state index < -0.39 is 17.2 Å². The molecule has 1 saturated carbocycles. The van der Waals surface area contributed by atoms with Crippen molar-refractivity contribution in [1.29, 1.82) is 0 Å². The summed E-state index contributed by atoms with van der Waals surface area (Å²) in [6, 6.07) is 5.29. The van der Waals surface area contributed by atoms with Gasteiger partial charge in [-0.2, -0.15) is 0 Å². The monoisotopic (exact) mass is 383 g/mol. The van der Waals surface area contributed by atoms with Gasteiger partial charge in [0.2, 0.25) is 0 Å². The van der Waals surface area contributed by atoms with Crippen LogP contribution in [0.1, 0.15) is 50.9 Å². The van der Waals surface area contributed by atoms with Gasteiger partial charge >= 0.3 is 6.09 Å². The van der Waals surface area contributed by atoms with Crippen LogP contribution in [0.2, 0.25) is 0 Å². The number of carbonyl (C=O) groups excluding carboxylic acids is 2. The molecular weight excluding hydrogens is 362 g/mol. The Morgan fingerprint density at radius 3 is 2.48 bits per heavy atom. The number of carbonyl (C=O) groups is 2. The van der Waals surface area contributed by atoms with E-state index in [0.717, 1.165) is 17.3 Å². The molecule has 2 rings (SSSR count). The van der Waals surface area contributed by atoms with Gasteiger partial charge in [0, 0.05) is 4.47 Å². The molecule has 0 radical (unpaired) electrons. The van der Waals surface area contributed by atoms with E-state index in [1.54, 1.807) is 18.2 Å². The number of amides is 1. The van der Waals surface area contributed by atoms with Crippen LogP contribution in [0.5, 0.6) is 5.75 Å². The van der Waals surface area contributed by atoms with Crippen molar-refractivity contribution < 1.29 is 19.1 Å². The van der Waals surface area contributed by atoms with Crippen LogP contribution >= 0.6 is 15.9 Å². The molecule has 23 heavy (non-hydrogen) atoms. The molecule has 1 amide bonds. The van der Waals surface area contributed by atoms with E-state index in [1.807, 2.05) is 20.8 Å². The minimum atomic E-state index is -0.535. The highest BCUT2D eigenvalue weighted by molar-refractivity contribution is 9.10. The molecule has 0 unspecified atom stereocenters. The van der Waals surface area contributed by atoms with Gasteiger partial charge in [0.15, 0.2) is 5.78 Å². The second-order valence-electron chi connectivity index (χ2n) is 6.89. The second kappa shape index (κ2) is 6.51. The normalized spacial score (nSPS) is 15.7. The molecule has 5 nitrogen and oxygen atoms in total. The molecule has 0 aromatic heterocycles. The van der Waals surface area contributed by atoms with Crippen LogP contribution in [-0.2, 0) is 4.74 Å². The van der Waals surface area contributed by atoms with Gasteiger partial charge in [0.05, 0.1) is 11.1 Å². The van der Waals surface area contributed by atoms with Crippen molar-refractivity contribution in [2.45, 2.75) is 51.7 Å². The second-order valence-corrected chi connectivity index (χ2v) is 7.81. The Bertz CT molecular complexity index is 618. The maximum atomic E-state index is 11.9. The maximum absolute atomic E-state index is 11.9.